The van der Waals surface area contributed by atoms with Crippen molar-refractivity contribution < 1.29 is 9.90 Å². The number of benzene rings is 1. The van der Waals surface area contributed by atoms with Crippen molar-refractivity contribution in [3.63, 3.8) is 0 Å². The summed E-state index contributed by atoms with van der Waals surface area (Å²) in [5, 5.41) is 9.45. The van der Waals surface area contributed by atoms with Gasteiger partial charge in [-0.05, 0) is 18.4 Å². The molecule has 0 aliphatic heterocycles. The highest BCUT2D eigenvalue weighted by Crippen LogP contribution is 2.38. The van der Waals surface area contributed by atoms with E-state index in [0.29, 0.717) is 5.25 Å². The molecule has 0 radical (unpaired) electrons. The van der Waals surface area contributed by atoms with Crippen molar-refractivity contribution in [1.29, 1.82) is 0 Å². The van der Waals surface area contributed by atoms with E-state index in [4.69, 9.17) is 0 Å². The van der Waals surface area contributed by atoms with E-state index in [1.165, 1.54) is 32.1 Å². The number of carboxylic acids is 1. The molecule has 1 atom stereocenters. The van der Waals surface area contributed by atoms with Gasteiger partial charge >= 0.3 is 5.97 Å². The molecule has 0 heterocycles. The van der Waals surface area contributed by atoms with E-state index in [1.54, 1.807) is 11.8 Å². The van der Waals surface area contributed by atoms with E-state index in [-0.39, 0.29) is 0 Å². The average molecular weight is 250 g/mol. The molecule has 2 rings (SSSR count). The molecule has 3 heteroatoms. The zero-order valence-corrected chi connectivity index (χ0v) is 10.7. The van der Waals surface area contributed by atoms with Gasteiger partial charge in [-0.1, -0.05) is 49.6 Å². The second kappa shape index (κ2) is 6.10. The van der Waals surface area contributed by atoms with Gasteiger partial charge < -0.3 is 5.11 Å². The number of hydrogen-bond donors (Lipinski definition) is 1. The first kappa shape index (κ1) is 12.5. The molecule has 1 aromatic rings. The van der Waals surface area contributed by atoms with Crippen LogP contribution in [0.2, 0.25) is 0 Å². The van der Waals surface area contributed by atoms with Crippen LogP contribution in [0.15, 0.2) is 30.3 Å². The third kappa shape index (κ3) is 3.50. The summed E-state index contributed by atoms with van der Waals surface area (Å²) in [4.78, 5) is 11.4. The van der Waals surface area contributed by atoms with Crippen LogP contribution in [-0.4, -0.2) is 16.3 Å². The molecule has 17 heavy (non-hydrogen) atoms. The number of carboxylic acid groups (broad SMARTS) is 1. The molecule has 0 saturated heterocycles. The summed E-state index contributed by atoms with van der Waals surface area (Å²) in [6, 6.07) is 9.57. The number of thioether (sulfide) groups is 1. The predicted octanol–water partition coefficient (Wildman–Crippen LogP) is 3.88. The van der Waals surface area contributed by atoms with Crippen molar-refractivity contribution in [2.24, 2.45) is 0 Å². The van der Waals surface area contributed by atoms with Crippen molar-refractivity contribution in [1.82, 2.24) is 0 Å². The summed E-state index contributed by atoms with van der Waals surface area (Å²) in [6.07, 6.45) is 6.14. The van der Waals surface area contributed by atoms with E-state index < -0.39 is 11.2 Å². The summed E-state index contributed by atoms with van der Waals surface area (Å²) in [5.74, 6) is -0.716. The smallest absolute Gasteiger partial charge is 0.321 e. The van der Waals surface area contributed by atoms with Gasteiger partial charge in [-0.15, -0.1) is 11.8 Å². The van der Waals surface area contributed by atoms with Crippen LogP contribution in [0.3, 0.4) is 0 Å². The van der Waals surface area contributed by atoms with Crippen LogP contribution in [0.25, 0.3) is 0 Å². The van der Waals surface area contributed by atoms with Gasteiger partial charge in [0.15, 0.2) is 0 Å². The third-order valence-electron chi connectivity index (χ3n) is 3.21. The topological polar surface area (TPSA) is 37.3 Å². The van der Waals surface area contributed by atoms with E-state index in [0.717, 1.165) is 5.56 Å². The lowest BCUT2D eigenvalue weighted by Crippen LogP contribution is -2.15. The van der Waals surface area contributed by atoms with Crippen LogP contribution in [0.4, 0.5) is 0 Å². The maximum Gasteiger partial charge on any atom is 0.321 e. The first-order valence-electron chi connectivity index (χ1n) is 6.20. The molecule has 1 saturated carbocycles. The molecule has 0 aromatic heterocycles. The van der Waals surface area contributed by atoms with Crippen molar-refractivity contribution in [3.8, 4) is 0 Å². The lowest BCUT2D eigenvalue weighted by molar-refractivity contribution is -0.136. The van der Waals surface area contributed by atoms with Crippen LogP contribution < -0.4 is 0 Å². The Labute approximate surface area is 106 Å². The molecule has 1 aromatic carbocycles. The number of carbonyl (C=O) groups is 1. The van der Waals surface area contributed by atoms with Gasteiger partial charge in [0.05, 0.1) is 0 Å². The molecule has 1 N–H and O–H groups in total. The zero-order valence-electron chi connectivity index (χ0n) is 9.84. The molecular formula is C14H18O2S. The number of rotatable bonds is 4. The predicted molar refractivity (Wildman–Crippen MR) is 71.3 cm³/mol. The third-order valence-corrected chi connectivity index (χ3v) is 4.81. The van der Waals surface area contributed by atoms with Crippen molar-refractivity contribution >= 4 is 17.7 Å². The summed E-state index contributed by atoms with van der Waals surface area (Å²) < 4.78 is 0. The first-order chi connectivity index (χ1) is 8.27. The Kier molecular flexibility index (Phi) is 4.49. The minimum Gasteiger partial charge on any atom is -0.480 e. The fourth-order valence-electron chi connectivity index (χ4n) is 2.30. The minimum absolute atomic E-state index is 0.403. The van der Waals surface area contributed by atoms with Crippen molar-refractivity contribution in [3.05, 3.63) is 35.9 Å². The number of aliphatic carboxylic acids is 1. The Morgan fingerprint density at radius 2 is 1.82 bits per heavy atom. The highest BCUT2D eigenvalue weighted by atomic mass is 32.2. The van der Waals surface area contributed by atoms with Gasteiger partial charge in [0.2, 0.25) is 0 Å². The van der Waals surface area contributed by atoms with Crippen LogP contribution in [0, 0.1) is 0 Å². The maximum absolute atomic E-state index is 11.4. The monoisotopic (exact) mass is 250 g/mol. The first-order valence-corrected chi connectivity index (χ1v) is 7.15. The van der Waals surface area contributed by atoms with Crippen LogP contribution in [-0.2, 0) is 4.79 Å². The SMILES string of the molecule is O=C(O)C(SC1CCCCC1)c1ccccc1. The normalized spacial score (nSPS) is 18.8. The van der Waals surface area contributed by atoms with Crippen molar-refractivity contribution in [2.45, 2.75) is 42.6 Å². The molecule has 1 aliphatic carbocycles. The van der Waals surface area contributed by atoms with Gasteiger partial charge in [0.1, 0.15) is 5.25 Å². The fraction of sp³-hybridized carbons (Fsp3) is 0.500. The quantitative estimate of drug-likeness (QED) is 0.881. The van der Waals surface area contributed by atoms with Gasteiger partial charge in [0.25, 0.3) is 0 Å². The molecule has 2 nitrogen and oxygen atoms in total. The van der Waals surface area contributed by atoms with E-state index in [1.807, 2.05) is 30.3 Å². The highest BCUT2D eigenvalue weighted by Gasteiger charge is 2.25. The van der Waals surface area contributed by atoms with E-state index in [2.05, 4.69) is 0 Å². The van der Waals surface area contributed by atoms with Crippen molar-refractivity contribution in [2.75, 3.05) is 0 Å². The highest BCUT2D eigenvalue weighted by molar-refractivity contribution is 8.00. The van der Waals surface area contributed by atoms with Crippen LogP contribution in [0.5, 0.6) is 0 Å². The Balaban J connectivity index is 2.05. The zero-order chi connectivity index (χ0) is 12.1. The summed E-state index contributed by atoms with van der Waals surface area (Å²) in [6.45, 7) is 0. The van der Waals surface area contributed by atoms with Gasteiger partial charge in [-0.3, -0.25) is 4.79 Å². The lowest BCUT2D eigenvalue weighted by atomic mass is 10.0. The van der Waals surface area contributed by atoms with E-state index >= 15 is 0 Å². The minimum atomic E-state index is -0.716. The van der Waals surface area contributed by atoms with Gasteiger partial charge in [0, 0.05) is 5.25 Å². The Hall–Kier alpha value is -0.960. The summed E-state index contributed by atoms with van der Waals surface area (Å²) in [7, 11) is 0. The second-order valence-corrected chi connectivity index (χ2v) is 5.94. The molecule has 1 unspecified atom stereocenters. The lowest BCUT2D eigenvalue weighted by Gasteiger charge is -2.24. The molecular weight excluding hydrogens is 232 g/mol. The second-order valence-electron chi connectivity index (χ2n) is 4.53. The molecule has 92 valence electrons. The summed E-state index contributed by atoms with van der Waals surface area (Å²) in [5.41, 5.74) is 0.913. The van der Waals surface area contributed by atoms with Gasteiger partial charge in [-0.2, -0.15) is 0 Å². The van der Waals surface area contributed by atoms with Crippen LogP contribution in [0.1, 0.15) is 42.9 Å². The number of hydrogen-bond acceptors (Lipinski definition) is 2. The molecule has 1 aliphatic rings. The Morgan fingerprint density at radius 3 is 2.41 bits per heavy atom. The fourth-order valence-corrected chi connectivity index (χ4v) is 3.72. The standard InChI is InChI=1S/C14H18O2S/c15-14(16)13(11-7-3-1-4-8-11)17-12-9-5-2-6-10-12/h1,3-4,7-8,12-13H,2,5-6,9-10H2,(H,15,16). The van der Waals surface area contributed by atoms with Gasteiger partial charge in [-0.25, -0.2) is 0 Å². The Bertz CT molecular complexity index is 358. The average Bonchev–Trinajstić information content (AvgIpc) is 2.38. The largest absolute Gasteiger partial charge is 0.480 e. The molecule has 0 spiro atoms. The molecule has 0 bridgehead atoms. The van der Waals surface area contributed by atoms with E-state index in [9.17, 15) is 9.90 Å². The van der Waals surface area contributed by atoms with Crippen LogP contribution >= 0.6 is 11.8 Å². The Morgan fingerprint density at radius 1 is 1.18 bits per heavy atom. The maximum atomic E-state index is 11.4. The molecule has 1 fully saturated rings. The molecule has 0 amide bonds. The summed E-state index contributed by atoms with van der Waals surface area (Å²) >= 11 is 1.63.